The molecular formula is C24H30N2OS. The number of unbranched alkanes of at least 4 members (excludes halogenated alkanes) is 4. The number of fused-ring (bicyclic) bond motifs is 1. The number of aryl methyl sites for hydroxylation is 1. The molecule has 0 atom stereocenters. The van der Waals surface area contributed by atoms with E-state index in [2.05, 4.69) is 36.5 Å². The van der Waals surface area contributed by atoms with E-state index >= 15 is 0 Å². The van der Waals surface area contributed by atoms with Crippen molar-refractivity contribution in [2.75, 3.05) is 11.2 Å². The molecule has 0 spiro atoms. The van der Waals surface area contributed by atoms with E-state index in [1.807, 2.05) is 35.7 Å². The van der Waals surface area contributed by atoms with Gasteiger partial charge in [-0.15, -0.1) is 11.8 Å². The van der Waals surface area contributed by atoms with Crippen LogP contribution < -0.4 is 11.1 Å². The SMILES string of the molecule is CCCCCCCc1ccc(NCS/C=C(\N)c2cc3ccccc3o2)cc1. The van der Waals surface area contributed by atoms with Crippen LogP contribution in [0.1, 0.15) is 50.4 Å². The number of nitrogens with one attached hydrogen (secondary N) is 1. The number of para-hydroxylation sites is 1. The molecule has 0 saturated heterocycles. The van der Waals surface area contributed by atoms with Gasteiger partial charge in [0.25, 0.3) is 0 Å². The fourth-order valence-corrected chi connectivity index (χ4v) is 3.79. The van der Waals surface area contributed by atoms with E-state index < -0.39 is 0 Å². The molecule has 3 aromatic rings. The van der Waals surface area contributed by atoms with Gasteiger partial charge >= 0.3 is 0 Å². The predicted octanol–water partition coefficient (Wildman–Crippen LogP) is 7.01. The second kappa shape index (κ2) is 10.9. The molecule has 148 valence electrons. The summed E-state index contributed by atoms with van der Waals surface area (Å²) in [6.45, 7) is 2.26. The average Bonchev–Trinajstić information content (AvgIpc) is 3.16. The number of hydrogen-bond acceptors (Lipinski definition) is 4. The fraction of sp³-hybridized carbons (Fsp3) is 0.333. The summed E-state index contributed by atoms with van der Waals surface area (Å²) in [6.07, 6.45) is 7.82. The quantitative estimate of drug-likeness (QED) is 0.271. The van der Waals surface area contributed by atoms with Crippen LogP contribution in [0.25, 0.3) is 16.7 Å². The maximum atomic E-state index is 6.15. The van der Waals surface area contributed by atoms with Crippen molar-refractivity contribution < 1.29 is 4.42 Å². The molecule has 3 N–H and O–H groups in total. The minimum Gasteiger partial charge on any atom is -0.455 e. The third kappa shape index (κ3) is 6.10. The van der Waals surface area contributed by atoms with Gasteiger partial charge in [0, 0.05) is 11.1 Å². The number of thioether (sulfide) groups is 1. The first-order valence-corrected chi connectivity index (χ1v) is 11.2. The molecule has 0 aliphatic rings. The maximum absolute atomic E-state index is 6.15. The van der Waals surface area contributed by atoms with Crippen molar-refractivity contribution in [2.45, 2.75) is 45.4 Å². The Balaban J connectivity index is 1.41. The van der Waals surface area contributed by atoms with Gasteiger partial charge in [-0.3, -0.25) is 0 Å². The van der Waals surface area contributed by atoms with Gasteiger partial charge in [-0.05, 0) is 48.1 Å². The molecule has 0 aliphatic carbocycles. The lowest BCUT2D eigenvalue weighted by atomic mass is 10.1. The molecule has 0 amide bonds. The monoisotopic (exact) mass is 394 g/mol. The highest BCUT2D eigenvalue weighted by Crippen LogP contribution is 2.23. The molecule has 0 saturated carbocycles. The van der Waals surface area contributed by atoms with Crippen LogP contribution >= 0.6 is 11.8 Å². The summed E-state index contributed by atoms with van der Waals surface area (Å²) >= 11 is 1.63. The maximum Gasteiger partial charge on any atom is 0.151 e. The summed E-state index contributed by atoms with van der Waals surface area (Å²) in [5.41, 5.74) is 10.2. The number of furan rings is 1. The van der Waals surface area contributed by atoms with Crippen LogP contribution in [-0.2, 0) is 6.42 Å². The molecule has 4 heteroatoms. The molecule has 1 heterocycles. The van der Waals surface area contributed by atoms with Gasteiger partial charge in [0.1, 0.15) is 5.58 Å². The highest BCUT2D eigenvalue weighted by atomic mass is 32.2. The van der Waals surface area contributed by atoms with Crippen molar-refractivity contribution in [1.29, 1.82) is 0 Å². The minimum atomic E-state index is 0.654. The molecule has 28 heavy (non-hydrogen) atoms. The Morgan fingerprint density at radius 1 is 1.04 bits per heavy atom. The van der Waals surface area contributed by atoms with E-state index in [9.17, 15) is 0 Å². The van der Waals surface area contributed by atoms with Crippen LogP contribution in [0, 0.1) is 0 Å². The molecular weight excluding hydrogens is 364 g/mol. The first-order chi connectivity index (χ1) is 13.8. The van der Waals surface area contributed by atoms with Crippen molar-refractivity contribution in [2.24, 2.45) is 5.73 Å². The van der Waals surface area contributed by atoms with Crippen LogP contribution in [0.2, 0.25) is 0 Å². The van der Waals surface area contributed by atoms with Crippen molar-refractivity contribution in [3.8, 4) is 0 Å². The molecule has 0 unspecified atom stereocenters. The zero-order valence-electron chi connectivity index (χ0n) is 16.6. The molecule has 2 aromatic carbocycles. The van der Waals surface area contributed by atoms with Gasteiger partial charge in [0.05, 0.1) is 11.6 Å². The normalized spacial score (nSPS) is 11.8. The van der Waals surface area contributed by atoms with Crippen LogP contribution in [0.5, 0.6) is 0 Å². The van der Waals surface area contributed by atoms with Crippen LogP contribution in [0.3, 0.4) is 0 Å². The summed E-state index contributed by atoms with van der Waals surface area (Å²) in [6, 6.07) is 18.7. The zero-order chi connectivity index (χ0) is 19.6. The van der Waals surface area contributed by atoms with Gasteiger partial charge in [-0.1, -0.05) is 62.9 Å². The molecule has 3 rings (SSSR count). The Morgan fingerprint density at radius 3 is 2.61 bits per heavy atom. The standard InChI is InChI=1S/C24H30N2OS/c1-2-3-4-5-6-9-19-12-14-21(15-13-19)26-18-28-17-22(25)24-16-20-10-7-8-11-23(20)27-24/h7-8,10-17,26H,2-6,9,18,25H2,1H3/b22-17-. The number of benzene rings is 2. The van der Waals surface area contributed by atoms with Gasteiger partial charge < -0.3 is 15.5 Å². The lowest BCUT2D eigenvalue weighted by Gasteiger charge is -2.07. The topological polar surface area (TPSA) is 51.2 Å². The molecule has 0 bridgehead atoms. The second-order valence-electron chi connectivity index (χ2n) is 7.07. The third-order valence-electron chi connectivity index (χ3n) is 4.80. The first-order valence-electron chi connectivity index (χ1n) is 10.2. The largest absolute Gasteiger partial charge is 0.455 e. The molecule has 0 radical (unpaired) electrons. The van der Waals surface area contributed by atoms with Crippen molar-refractivity contribution >= 4 is 34.1 Å². The highest BCUT2D eigenvalue weighted by molar-refractivity contribution is 8.02. The number of hydrogen-bond donors (Lipinski definition) is 2. The predicted molar refractivity (Wildman–Crippen MR) is 123 cm³/mol. The Morgan fingerprint density at radius 2 is 1.82 bits per heavy atom. The average molecular weight is 395 g/mol. The van der Waals surface area contributed by atoms with E-state index in [4.69, 9.17) is 10.2 Å². The Labute approximate surface area is 172 Å². The van der Waals surface area contributed by atoms with Crippen LogP contribution in [0.15, 0.2) is 64.4 Å². The fourth-order valence-electron chi connectivity index (χ4n) is 3.16. The van der Waals surface area contributed by atoms with E-state index in [0.717, 1.165) is 28.3 Å². The lowest BCUT2D eigenvalue weighted by molar-refractivity contribution is 0.598. The van der Waals surface area contributed by atoms with E-state index in [1.165, 1.54) is 44.1 Å². The summed E-state index contributed by atoms with van der Waals surface area (Å²) in [4.78, 5) is 0. The summed E-state index contributed by atoms with van der Waals surface area (Å²) in [7, 11) is 0. The molecule has 0 aliphatic heterocycles. The molecule has 0 fully saturated rings. The Hall–Kier alpha value is -2.33. The van der Waals surface area contributed by atoms with E-state index in [1.54, 1.807) is 11.8 Å². The smallest absolute Gasteiger partial charge is 0.151 e. The number of rotatable bonds is 11. The second-order valence-corrected chi connectivity index (χ2v) is 7.93. The van der Waals surface area contributed by atoms with Gasteiger partial charge in [-0.2, -0.15) is 0 Å². The number of anilines is 1. The highest BCUT2D eigenvalue weighted by Gasteiger charge is 2.05. The number of nitrogens with two attached hydrogens (primary N) is 1. The molecule has 3 nitrogen and oxygen atoms in total. The lowest BCUT2D eigenvalue weighted by Crippen LogP contribution is -1.98. The van der Waals surface area contributed by atoms with Gasteiger partial charge in [0.15, 0.2) is 5.76 Å². The summed E-state index contributed by atoms with van der Waals surface area (Å²) in [5, 5.41) is 6.43. The van der Waals surface area contributed by atoms with Gasteiger partial charge in [-0.25, -0.2) is 0 Å². The summed E-state index contributed by atoms with van der Waals surface area (Å²) in [5.74, 6) is 1.48. The Bertz CT molecular complexity index is 850. The van der Waals surface area contributed by atoms with Crippen molar-refractivity contribution in [3.05, 3.63) is 71.3 Å². The van der Waals surface area contributed by atoms with Crippen LogP contribution in [-0.4, -0.2) is 5.88 Å². The minimum absolute atomic E-state index is 0.654. The summed E-state index contributed by atoms with van der Waals surface area (Å²) < 4.78 is 5.79. The van der Waals surface area contributed by atoms with Crippen molar-refractivity contribution in [3.63, 3.8) is 0 Å². The Kier molecular flexibility index (Phi) is 7.92. The zero-order valence-corrected chi connectivity index (χ0v) is 17.4. The van der Waals surface area contributed by atoms with E-state index in [-0.39, 0.29) is 0 Å². The van der Waals surface area contributed by atoms with Gasteiger partial charge in [0.2, 0.25) is 0 Å². The third-order valence-corrected chi connectivity index (χ3v) is 5.53. The van der Waals surface area contributed by atoms with Crippen LogP contribution in [0.4, 0.5) is 5.69 Å². The van der Waals surface area contributed by atoms with E-state index in [0.29, 0.717) is 5.70 Å². The van der Waals surface area contributed by atoms with Crippen molar-refractivity contribution in [1.82, 2.24) is 0 Å². The molecule has 1 aromatic heterocycles. The first kappa shape index (κ1) is 20.4.